The van der Waals surface area contributed by atoms with Crippen LogP contribution in [0.2, 0.25) is 0 Å². The molecular weight excluding hydrogens is 206 g/mol. The van der Waals surface area contributed by atoms with Gasteiger partial charge in [-0.1, -0.05) is 32.4 Å². The predicted octanol–water partition coefficient (Wildman–Crippen LogP) is 3.76. The van der Waals surface area contributed by atoms with Gasteiger partial charge in [-0.15, -0.1) is 0 Å². The summed E-state index contributed by atoms with van der Waals surface area (Å²) in [6.07, 6.45) is 12.0. The smallest absolute Gasteiger partial charge is 0.0121 e. The van der Waals surface area contributed by atoms with E-state index in [0.29, 0.717) is 11.5 Å². The summed E-state index contributed by atoms with van der Waals surface area (Å²) < 4.78 is 0. The Kier molecular flexibility index (Phi) is 2.85. The SMILES string of the molecule is CC(NC1CCCC1(C)C)C1CC2C=CC1C2. The second-order valence-electron chi connectivity index (χ2n) is 7.33. The Hall–Kier alpha value is -0.300. The Morgan fingerprint density at radius 1 is 1.24 bits per heavy atom. The third-order valence-electron chi connectivity index (χ3n) is 5.69. The van der Waals surface area contributed by atoms with Gasteiger partial charge in [-0.2, -0.15) is 0 Å². The lowest BCUT2D eigenvalue weighted by Gasteiger charge is -2.35. The van der Waals surface area contributed by atoms with Gasteiger partial charge in [0.2, 0.25) is 0 Å². The second-order valence-corrected chi connectivity index (χ2v) is 7.33. The molecule has 96 valence electrons. The molecule has 2 saturated carbocycles. The zero-order chi connectivity index (χ0) is 12.0. The summed E-state index contributed by atoms with van der Waals surface area (Å²) in [5.74, 6) is 2.69. The Morgan fingerprint density at radius 3 is 2.59 bits per heavy atom. The van der Waals surface area contributed by atoms with Crippen molar-refractivity contribution in [2.75, 3.05) is 0 Å². The van der Waals surface area contributed by atoms with E-state index in [9.17, 15) is 0 Å². The number of hydrogen-bond donors (Lipinski definition) is 1. The van der Waals surface area contributed by atoms with E-state index in [2.05, 4.69) is 38.2 Å². The van der Waals surface area contributed by atoms with Crippen molar-refractivity contribution < 1.29 is 0 Å². The van der Waals surface area contributed by atoms with Crippen LogP contribution in [0, 0.1) is 23.2 Å². The highest BCUT2D eigenvalue weighted by Gasteiger charge is 2.41. The minimum atomic E-state index is 0.516. The summed E-state index contributed by atoms with van der Waals surface area (Å²) >= 11 is 0. The van der Waals surface area contributed by atoms with Crippen LogP contribution in [0.4, 0.5) is 0 Å². The fraction of sp³-hybridized carbons (Fsp3) is 0.875. The molecule has 1 N–H and O–H groups in total. The number of hydrogen-bond acceptors (Lipinski definition) is 1. The summed E-state index contributed by atoms with van der Waals surface area (Å²) in [7, 11) is 0. The van der Waals surface area contributed by atoms with Gasteiger partial charge in [0.05, 0.1) is 0 Å². The Morgan fingerprint density at radius 2 is 2.06 bits per heavy atom. The van der Waals surface area contributed by atoms with Gasteiger partial charge >= 0.3 is 0 Å². The van der Waals surface area contributed by atoms with E-state index in [0.717, 1.165) is 23.8 Å². The molecule has 0 radical (unpaired) electrons. The molecule has 0 heterocycles. The molecule has 3 aliphatic rings. The third-order valence-corrected chi connectivity index (χ3v) is 5.69. The third kappa shape index (κ3) is 2.07. The minimum absolute atomic E-state index is 0.516. The second kappa shape index (κ2) is 4.12. The van der Waals surface area contributed by atoms with Crippen LogP contribution < -0.4 is 5.32 Å². The van der Waals surface area contributed by atoms with Gasteiger partial charge in [-0.05, 0) is 55.8 Å². The van der Waals surface area contributed by atoms with Crippen LogP contribution in [0.3, 0.4) is 0 Å². The molecule has 0 amide bonds. The number of allylic oxidation sites excluding steroid dienone is 2. The topological polar surface area (TPSA) is 12.0 Å². The molecule has 3 aliphatic carbocycles. The summed E-state index contributed by atoms with van der Waals surface area (Å²) in [6.45, 7) is 7.30. The van der Waals surface area contributed by atoms with E-state index in [4.69, 9.17) is 0 Å². The molecule has 2 fully saturated rings. The van der Waals surface area contributed by atoms with Crippen molar-refractivity contribution in [2.24, 2.45) is 23.2 Å². The average molecular weight is 233 g/mol. The van der Waals surface area contributed by atoms with Crippen LogP contribution in [-0.2, 0) is 0 Å². The molecule has 1 nitrogen and oxygen atoms in total. The first-order valence-electron chi connectivity index (χ1n) is 7.50. The van der Waals surface area contributed by atoms with Gasteiger partial charge in [0.25, 0.3) is 0 Å². The van der Waals surface area contributed by atoms with Crippen LogP contribution in [0.15, 0.2) is 12.2 Å². The molecule has 3 rings (SSSR count). The maximum atomic E-state index is 3.96. The summed E-state index contributed by atoms with van der Waals surface area (Å²) in [4.78, 5) is 0. The normalized spacial score (nSPS) is 44.4. The zero-order valence-corrected chi connectivity index (χ0v) is 11.6. The first kappa shape index (κ1) is 11.8. The summed E-state index contributed by atoms with van der Waals surface area (Å²) in [5, 5.41) is 3.96. The lowest BCUT2D eigenvalue weighted by atomic mass is 9.83. The van der Waals surface area contributed by atoms with Crippen LogP contribution >= 0.6 is 0 Å². The molecule has 0 aromatic carbocycles. The number of nitrogens with one attached hydrogen (secondary N) is 1. The fourth-order valence-electron chi connectivity index (χ4n) is 4.47. The summed E-state index contributed by atoms with van der Waals surface area (Å²) in [5.41, 5.74) is 0.516. The van der Waals surface area contributed by atoms with E-state index in [1.165, 1.54) is 32.1 Å². The molecule has 0 saturated heterocycles. The van der Waals surface area contributed by atoms with Crippen molar-refractivity contribution in [2.45, 2.75) is 65.0 Å². The van der Waals surface area contributed by atoms with E-state index in [-0.39, 0.29) is 0 Å². The Balaban J connectivity index is 1.60. The van der Waals surface area contributed by atoms with Gasteiger partial charge in [-0.3, -0.25) is 0 Å². The van der Waals surface area contributed by atoms with Gasteiger partial charge in [0.15, 0.2) is 0 Å². The van der Waals surface area contributed by atoms with Crippen molar-refractivity contribution in [1.29, 1.82) is 0 Å². The average Bonchev–Trinajstić information content (AvgIpc) is 2.94. The molecule has 5 atom stereocenters. The van der Waals surface area contributed by atoms with E-state index in [1.807, 2.05) is 0 Å². The zero-order valence-electron chi connectivity index (χ0n) is 11.6. The monoisotopic (exact) mass is 233 g/mol. The maximum absolute atomic E-state index is 3.96. The van der Waals surface area contributed by atoms with Crippen molar-refractivity contribution in [3.05, 3.63) is 12.2 Å². The lowest BCUT2D eigenvalue weighted by molar-refractivity contribution is 0.224. The van der Waals surface area contributed by atoms with Crippen molar-refractivity contribution in [3.63, 3.8) is 0 Å². The van der Waals surface area contributed by atoms with E-state index >= 15 is 0 Å². The molecule has 2 bridgehead atoms. The fourth-order valence-corrected chi connectivity index (χ4v) is 4.47. The highest BCUT2D eigenvalue weighted by molar-refractivity contribution is 5.12. The van der Waals surface area contributed by atoms with Gasteiger partial charge in [0, 0.05) is 12.1 Å². The van der Waals surface area contributed by atoms with Crippen LogP contribution in [0.5, 0.6) is 0 Å². The maximum Gasteiger partial charge on any atom is 0.0121 e. The molecule has 1 heteroatoms. The Bertz CT molecular complexity index is 317. The van der Waals surface area contributed by atoms with Crippen LogP contribution in [-0.4, -0.2) is 12.1 Å². The largest absolute Gasteiger partial charge is 0.311 e. The Labute approximate surface area is 106 Å². The molecule has 17 heavy (non-hydrogen) atoms. The molecule has 0 aliphatic heterocycles. The highest BCUT2D eigenvalue weighted by atomic mass is 15.0. The van der Waals surface area contributed by atoms with Gasteiger partial charge < -0.3 is 5.32 Å². The number of fused-ring (bicyclic) bond motifs is 2. The van der Waals surface area contributed by atoms with Crippen molar-refractivity contribution in [1.82, 2.24) is 5.32 Å². The molecule has 0 aromatic heterocycles. The molecular formula is C16H27N. The first-order valence-corrected chi connectivity index (χ1v) is 7.50. The lowest BCUT2D eigenvalue weighted by Crippen LogP contribution is -2.46. The number of rotatable bonds is 3. The van der Waals surface area contributed by atoms with Gasteiger partial charge in [0.1, 0.15) is 0 Å². The van der Waals surface area contributed by atoms with Gasteiger partial charge in [-0.25, -0.2) is 0 Å². The van der Waals surface area contributed by atoms with Crippen molar-refractivity contribution in [3.8, 4) is 0 Å². The van der Waals surface area contributed by atoms with Crippen molar-refractivity contribution >= 4 is 0 Å². The first-order chi connectivity index (χ1) is 8.06. The minimum Gasteiger partial charge on any atom is -0.311 e. The molecule has 5 unspecified atom stereocenters. The van der Waals surface area contributed by atoms with E-state index in [1.54, 1.807) is 0 Å². The van der Waals surface area contributed by atoms with Crippen LogP contribution in [0.25, 0.3) is 0 Å². The van der Waals surface area contributed by atoms with E-state index < -0.39 is 0 Å². The molecule has 0 spiro atoms. The highest BCUT2D eigenvalue weighted by Crippen LogP contribution is 2.45. The standard InChI is InChI=1S/C16H27N/c1-11(14-10-12-6-7-13(14)9-12)17-15-5-4-8-16(15,2)3/h6-7,11-15,17H,4-5,8-10H2,1-3H3. The van der Waals surface area contributed by atoms with Crippen LogP contribution in [0.1, 0.15) is 52.9 Å². The molecule has 0 aromatic rings. The summed E-state index contributed by atoms with van der Waals surface area (Å²) in [6, 6.07) is 1.46. The quantitative estimate of drug-likeness (QED) is 0.732. The predicted molar refractivity (Wildman–Crippen MR) is 72.9 cm³/mol.